The number of alkyl halides is 3. The minimum Gasteiger partial charge on any atom is -0.166 e. The number of hydrogen-bond donors (Lipinski definition) is 0. The summed E-state index contributed by atoms with van der Waals surface area (Å²) in [4.78, 5) is 0. The van der Waals surface area contributed by atoms with Crippen LogP contribution in [-0.4, -0.2) is 0 Å². The third kappa shape index (κ3) is 2.28. The third-order valence-corrected chi connectivity index (χ3v) is 4.26. The molecule has 0 fully saturated rings. The zero-order valence-electron chi connectivity index (χ0n) is 11.9. The van der Waals surface area contributed by atoms with E-state index < -0.39 is 6.18 Å². The Hall–Kier alpha value is -0.990. The fourth-order valence-electron chi connectivity index (χ4n) is 3.64. The van der Waals surface area contributed by atoms with Crippen LogP contribution in [0.15, 0.2) is 0 Å². The van der Waals surface area contributed by atoms with Gasteiger partial charge in [-0.15, -0.1) is 0 Å². The highest BCUT2D eigenvalue weighted by Gasteiger charge is 2.39. The Kier molecular flexibility index (Phi) is 3.93. The van der Waals surface area contributed by atoms with E-state index >= 15 is 0 Å². The Labute approximate surface area is 113 Å². The van der Waals surface area contributed by atoms with Gasteiger partial charge < -0.3 is 0 Å². The van der Waals surface area contributed by atoms with E-state index in [4.69, 9.17) is 0 Å². The van der Waals surface area contributed by atoms with E-state index in [2.05, 4.69) is 6.92 Å². The lowest BCUT2D eigenvalue weighted by Crippen LogP contribution is -2.17. The topological polar surface area (TPSA) is 0 Å². The molecular weight excluding hydrogens is 249 g/mol. The molecule has 1 aliphatic rings. The maximum Gasteiger partial charge on any atom is 0.416 e. The van der Waals surface area contributed by atoms with Crippen LogP contribution in [0.1, 0.15) is 60.6 Å². The maximum atomic E-state index is 13.4. The fraction of sp³-hybridized carbons (Fsp3) is 0.625. The molecule has 106 valence electrons. The summed E-state index contributed by atoms with van der Waals surface area (Å²) in [6.45, 7) is 5.86. The van der Waals surface area contributed by atoms with Gasteiger partial charge in [-0.3, -0.25) is 0 Å². The van der Waals surface area contributed by atoms with Crippen molar-refractivity contribution in [1.82, 2.24) is 0 Å². The van der Waals surface area contributed by atoms with Crippen molar-refractivity contribution in [3.8, 4) is 0 Å². The van der Waals surface area contributed by atoms with Crippen molar-refractivity contribution in [2.45, 2.75) is 65.5 Å². The third-order valence-electron chi connectivity index (χ3n) is 4.26. The monoisotopic (exact) mass is 270 g/mol. The Morgan fingerprint density at radius 3 is 1.79 bits per heavy atom. The fourth-order valence-corrected chi connectivity index (χ4v) is 3.64. The van der Waals surface area contributed by atoms with E-state index in [1.54, 1.807) is 0 Å². The molecule has 0 aromatic heterocycles. The van der Waals surface area contributed by atoms with Crippen molar-refractivity contribution in [3.05, 3.63) is 33.4 Å². The maximum absolute atomic E-state index is 13.4. The van der Waals surface area contributed by atoms with Gasteiger partial charge in [0, 0.05) is 0 Å². The summed E-state index contributed by atoms with van der Waals surface area (Å²) in [6.07, 6.45) is 0.0715. The summed E-state index contributed by atoms with van der Waals surface area (Å²) in [5.74, 6) is 0. The van der Waals surface area contributed by atoms with E-state index in [1.807, 2.05) is 13.8 Å². The summed E-state index contributed by atoms with van der Waals surface area (Å²) in [5, 5.41) is 0. The van der Waals surface area contributed by atoms with Crippen molar-refractivity contribution in [2.75, 3.05) is 0 Å². The van der Waals surface area contributed by atoms with Crippen LogP contribution in [-0.2, 0) is 38.3 Å². The Morgan fingerprint density at radius 2 is 1.32 bits per heavy atom. The molecule has 19 heavy (non-hydrogen) atoms. The molecule has 0 unspecified atom stereocenters. The van der Waals surface area contributed by atoms with Crippen LogP contribution >= 0.6 is 0 Å². The lowest BCUT2D eigenvalue weighted by molar-refractivity contribution is -0.138. The standard InChI is InChI=1S/C16H21F3/c1-4-10-11(5-2)13-8-7-9-14(13)15(12(10)6-3)16(17,18)19/h4-9H2,1-3H3. The lowest BCUT2D eigenvalue weighted by atomic mass is 9.84. The van der Waals surface area contributed by atoms with Crippen LogP contribution in [0, 0.1) is 0 Å². The first kappa shape index (κ1) is 14.4. The molecule has 0 heterocycles. The Bertz CT molecular complexity index is 484. The summed E-state index contributed by atoms with van der Waals surface area (Å²) in [5.41, 5.74) is 3.99. The van der Waals surface area contributed by atoms with Gasteiger partial charge in [0.25, 0.3) is 0 Å². The van der Waals surface area contributed by atoms with Gasteiger partial charge in [0.05, 0.1) is 5.56 Å². The van der Waals surface area contributed by atoms with E-state index in [9.17, 15) is 13.2 Å². The number of rotatable bonds is 3. The molecule has 0 saturated carbocycles. The van der Waals surface area contributed by atoms with E-state index in [-0.39, 0.29) is 5.56 Å². The van der Waals surface area contributed by atoms with Crippen molar-refractivity contribution in [1.29, 1.82) is 0 Å². The SMILES string of the molecule is CCc1c(CC)c(CC)c(C(F)(F)F)c2c1CCC2. The average Bonchev–Trinajstić information content (AvgIpc) is 2.82. The molecule has 1 aliphatic carbocycles. The smallest absolute Gasteiger partial charge is 0.166 e. The molecule has 1 aromatic carbocycles. The summed E-state index contributed by atoms with van der Waals surface area (Å²) >= 11 is 0. The van der Waals surface area contributed by atoms with Crippen molar-refractivity contribution < 1.29 is 13.2 Å². The normalized spacial score (nSPS) is 14.8. The molecule has 0 spiro atoms. The zero-order chi connectivity index (χ0) is 14.2. The highest BCUT2D eigenvalue weighted by molar-refractivity contribution is 5.55. The second-order valence-corrected chi connectivity index (χ2v) is 5.18. The highest BCUT2D eigenvalue weighted by atomic mass is 19.4. The van der Waals surface area contributed by atoms with Gasteiger partial charge in [0.1, 0.15) is 0 Å². The van der Waals surface area contributed by atoms with Gasteiger partial charge in [-0.05, 0) is 66.3 Å². The number of fused-ring (bicyclic) bond motifs is 1. The molecule has 2 rings (SSSR count). The number of hydrogen-bond acceptors (Lipinski definition) is 0. The molecule has 0 N–H and O–H groups in total. The van der Waals surface area contributed by atoms with Crippen molar-refractivity contribution >= 4 is 0 Å². The predicted molar refractivity (Wildman–Crippen MR) is 71.6 cm³/mol. The molecule has 0 saturated heterocycles. The molecule has 0 amide bonds. The highest BCUT2D eigenvalue weighted by Crippen LogP contribution is 2.43. The molecule has 0 aliphatic heterocycles. The van der Waals surface area contributed by atoms with Gasteiger partial charge in [-0.2, -0.15) is 13.2 Å². The lowest BCUT2D eigenvalue weighted by Gasteiger charge is -2.23. The number of halogens is 3. The van der Waals surface area contributed by atoms with Crippen molar-refractivity contribution in [2.24, 2.45) is 0 Å². The summed E-state index contributed by atoms with van der Waals surface area (Å²) < 4.78 is 40.3. The van der Waals surface area contributed by atoms with Crippen LogP contribution in [0.2, 0.25) is 0 Å². The second kappa shape index (κ2) is 5.18. The molecule has 0 nitrogen and oxygen atoms in total. The number of benzene rings is 1. The van der Waals surface area contributed by atoms with Gasteiger partial charge in [0.15, 0.2) is 0 Å². The van der Waals surface area contributed by atoms with E-state index in [0.29, 0.717) is 30.4 Å². The van der Waals surface area contributed by atoms with Gasteiger partial charge in [-0.25, -0.2) is 0 Å². The first-order valence-corrected chi connectivity index (χ1v) is 7.21. The molecule has 0 radical (unpaired) electrons. The summed E-state index contributed by atoms with van der Waals surface area (Å²) in [6, 6.07) is 0. The van der Waals surface area contributed by atoms with Gasteiger partial charge in [-0.1, -0.05) is 20.8 Å². The van der Waals surface area contributed by atoms with Crippen LogP contribution in [0.25, 0.3) is 0 Å². The first-order chi connectivity index (χ1) is 8.95. The Balaban J connectivity index is 2.84. The Morgan fingerprint density at radius 1 is 0.789 bits per heavy atom. The van der Waals surface area contributed by atoms with Crippen LogP contribution < -0.4 is 0 Å². The predicted octanol–water partition coefficient (Wildman–Crippen LogP) is 4.88. The first-order valence-electron chi connectivity index (χ1n) is 7.21. The van der Waals surface area contributed by atoms with Crippen LogP contribution in [0.3, 0.4) is 0 Å². The average molecular weight is 270 g/mol. The van der Waals surface area contributed by atoms with Crippen LogP contribution in [0.5, 0.6) is 0 Å². The minimum absolute atomic E-state index is 0.309. The molecule has 3 heteroatoms. The molecular formula is C16H21F3. The van der Waals surface area contributed by atoms with Crippen molar-refractivity contribution in [3.63, 3.8) is 0 Å². The molecule has 0 atom stereocenters. The van der Waals surface area contributed by atoms with E-state index in [0.717, 1.165) is 30.4 Å². The van der Waals surface area contributed by atoms with E-state index in [1.165, 1.54) is 5.56 Å². The van der Waals surface area contributed by atoms with Crippen LogP contribution in [0.4, 0.5) is 13.2 Å². The van der Waals surface area contributed by atoms with Gasteiger partial charge >= 0.3 is 6.18 Å². The second-order valence-electron chi connectivity index (χ2n) is 5.18. The quantitative estimate of drug-likeness (QED) is 0.734. The zero-order valence-corrected chi connectivity index (χ0v) is 11.9. The van der Waals surface area contributed by atoms with Gasteiger partial charge in [0.2, 0.25) is 0 Å². The molecule has 1 aromatic rings. The largest absolute Gasteiger partial charge is 0.416 e. The minimum atomic E-state index is -4.21. The summed E-state index contributed by atoms with van der Waals surface area (Å²) in [7, 11) is 0. The molecule has 0 bridgehead atoms.